The van der Waals surface area contributed by atoms with Gasteiger partial charge in [-0.3, -0.25) is 0 Å². The molecule has 0 bridgehead atoms. The molecule has 0 aromatic carbocycles. The van der Waals surface area contributed by atoms with Crippen molar-refractivity contribution >= 4 is 6.03 Å². The van der Waals surface area contributed by atoms with Crippen LogP contribution >= 0.6 is 0 Å². The van der Waals surface area contributed by atoms with Crippen LogP contribution in [0.25, 0.3) is 0 Å². The lowest BCUT2D eigenvalue weighted by Gasteiger charge is -2.20. The second-order valence-corrected chi connectivity index (χ2v) is 4.32. The summed E-state index contributed by atoms with van der Waals surface area (Å²) in [6.45, 7) is 7.25. The fourth-order valence-corrected chi connectivity index (χ4v) is 1.88. The van der Waals surface area contributed by atoms with E-state index in [1.807, 2.05) is 11.0 Å². The number of urea groups is 1. The Bertz CT molecular complexity index is 223. The van der Waals surface area contributed by atoms with Gasteiger partial charge >= 0.3 is 6.03 Å². The predicted octanol–water partition coefficient (Wildman–Crippen LogP) is 2.16. The molecule has 0 spiro atoms. The molecule has 1 rings (SSSR count). The summed E-state index contributed by atoms with van der Waals surface area (Å²) >= 11 is 0. The van der Waals surface area contributed by atoms with Gasteiger partial charge in [-0.2, -0.15) is 0 Å². The van der Waals surface area contributed by atoms with Gasteiger partial charge in [0.2, 0.25) is 0 Å². The standard InChI is InChI=1S/C13H24N2O2/c1-2-3-11-17-12-8-14-13(16)15-9-6-4-5-7-10-15/h2H,1,3-12H2,(H,14,16). The number of ether oxygens (including phenoxy) is 1. The van der Waals surface area contributed by atoms with E-state index >= 15 is 0 Å². The molecule has 0 atom stereocenters. The molecule has 98 valence electrons. The second-order valence-electron chi connectivity index (χ2n) is 4.32. The Hall–Kier alpha value is -1.03. The maximum Gasteiger partial charge on any atom is 0.317 e. The molecule has 1 saturated heterocycles. The summed E-state index contributed by atoms with van der Waals surface area (Å²) in [6.07, 6.45) is 7.44. The van der Waals surface area contributed by atoms with Gasteiger partial charge in [0.1, 0.15) is 0 Å². The van der Waals surface area contributed by atoms with Crippen molar-refractivity contribution in [1.29, 1.82) is 0 Å². The average molecular weight is 240 g/mol. The molecule has 0 radical (unpaired) electrons. The van der Waals surface area contributed by atoms with Gasteiger partial charge in [-0.25, -0.2) is 4.79 Å². The molecule has 1 aliphatic heterocycles. The molecule has 4 nitrogen and oxygen atoms in total. The van der Waals surface area contributed by atoms with Crippen LogP contribution in [0.2, 0.25) is 0 Å². The Morgan fingerprint density at radius 3 is 2.59 bits per heavy atom. The van der Waals surface area contributed by atoms with E-state index in [0.29, 0.717) is 19.8 Å². The fraction of sp³-hybridized carbons (Fsp3) is 0.769. The van der Waals surface area contributed by atoms with Crippen molar-refractivity contribution < 1.29 is 9.53 Å². The number of amides is 2. The Morgan fingerprint density at radius 2 is 1.94 bits per heavy atom. The molecule has 1 aliphatic rings. The van der Waals surface area contributed by atoms with Gasteiger partial charge in [-0.05, 0) is 19.3 Å². The molecule has 1 heterocycles. The van der Waals surface area contributed by atoms with Gasteiger partial charge in [-0.1, -0.05) is 18.9 Å². The van der Waals surface area contributed by atoms with Gasteiger partial charge in [0.15, 0.2) is 0 Å². The van der Waals surface area contributed by atoms with E-state index in [9.17, 15) is 4.79 Å². The Morgan fingerprint density at radius 1 is 1.24 bits per heavy atom. The van der Waals surface area contributed by atoms with Crippen molar-refractivity contribution in [1.82, 2.24) is 10.2 Å². The smallest absolute Gasteiger partial charge is 0.317 e. The summed E-state index contributed by atoms with van der Waals surface area (Å²) < 4.78 is 5.33. The van der Waals surface area contributed by atoms with Crippen molar-refractivity contribution in [2.45, 2.75) is 32.1 Å². The minimum absolute atomic E-state index is 0.0548. The van der Waals surface area contributed by atoms with Crippen LogP contribution in [0.3, 0.4) is 0 Å². The van der Waals surface area contributed by atoms with Crippen LogP contribution in [0.4, 0.5) is 4.79 Å². The maximum absolute atomic E-state index is 11.8. The number of rotatable bonds is 6. The Balaban J connectivity index is 2.05. The normalized spacial score (nSPS) is 16.4. The molecule has 0 saturated carbocycles. The first-order chi connectivity index (χ1) is 8.34. The first kappa shape index (κ1) is 14.0. The summed E-state index contributed by atoms with van der Waals surface area (Å²) in [5.74, 6) is 0. The summed E-state index contributed by atoms with van der Waals surface area (Å²) in [7, 11) is 0. The van der Waals surface area contributed by atoms with Gasteiger partial charge in [0.25, 0.3) is 0 Å². The molecule has 4 heteroatoms. The third kappa shape index (κ3) is 6.31. The highest BCUT2D eigenvalue weighted by molar-refractivity contribution is 5.74. The summed E-state index contributed by atoms with van der Waals surface area (Å²) in [4.78, 5) is 13.7. The largest absolute Gasteiger partial charge is 0.379 e. The SMILES string of the molecule is C=CCCOCCNC(=O)N1CCCCCC1. The number of carbonyl (C=O) groups is 1. The lowest BCUT2D eigenvalue weighted by Crippen LogP contribution is -2.41. The average Bonchev–Trinajstić information content (AvgIpc) is 2.62. The highest BCUT2D eigenvalue weighted by Crippen LogP contribution is 2.09. The van der Waals surface area contributed by atoms with Crippen molar-refractivity contribution in [2.75, 3.05) is 32.8 Å². The molecule has 0 aromatic heterocycles. The lowest BCUT2D eigenvalue weighted by molar-refractivity contribution is 0.138. The van der Waals surface area contributed by atoms with Crippen LogP contribution in [0.5, 0.6) is 0 Å². The topological polar surface area (TPSA) is 41.6 Å². The van der Waals surface area contributed by atoms with E-state index in [2.05, 4.69) is 11.9 Å². The van der Waals surface area contributed by atoms with Crippen LogP contribution in [0.15, 0.2) is 12.7 Å². The van der Waals surface area contributed by atoms with Crippen LogP contribution < -0.4 is 5.32 Å². The highest BCUT2D eigenvalue weighted by Gasteiger charge is 2.14. The number of nitrogens with zero attached hydrogens (tertiary/aromatic N) is 1. The monoisotopic (exact) mass is 240 g/mol. The van der Waals surface area contributed by atoms with Crippen LogP contribution in [-0.2, 0) is 4.74 Å². The Kier molecular flexibility index (Phi) is 7.47. The number of carbonyl (C=O) groups excluding carboxylic acids is 1. The highest BCUT2D eigenvalue weighted by atomic mass is 16.5. The predicted molar refractivity (Wildman–Crippen MR) is 69.1 cm³/mol. The van der Waals surface area contributed by atoms with Gasteiger partial charge < -0.3 is 15.0 Å². The minimum Gasteiger partial charge on any atom is -0.379 e. The van der Waals surface area contributed by atoms with Crippen LogP contribution in [0, 0.1) is 0 Å². The van der Waals surface area contributed by atoms with Gasteiger partial charge in [0, 0.05) is 19.6 Å². The third-order valence-corrected chi connectivity index (χ3v) is 2.88. The number of likely N-dealkylation sites (tertiary alicyclic amines) is 1. The van der Waals surface area contributed by atoms with E-state index < -0.39 is 0 Å². The molecular formula is C13H24N2O2. The first-order valence-corrected chi connectivity index (χ1v) is 6.56. The summed E-state index contributed by atoms with van der Waals surface area (Å²) in [6, 6.07) is 0.0548. The molecule has 17 heavy (non-hydrogen) atoms. The van der Waals surface area contributed by atoms with Crippen LogP contribution in [-0.4, -0.2) is 43.8 Å². The molecule has 0 aromatic rings. The fourth-order valence-electron chi connectivity index (χ4n) is 1.88. The van der Waals surface area contributed by atoms with Crippen molar-refractivity contribution in [3.05, 3.63) is 12.7 Å². The molecule has 0 aliphatic carbocycles. The zero-order chi connectivity index (χ0) is 12.3. The van der Waals surface area contributed by atoms with Crippen molar-refractivity contribution in [3.63, 3.8) is 0 Å². The molecule has 2 amide bonds. The molecule has 0 unspecified atom stereocenters. The van der Waals surface area contributed by atoms with Crippen molar-refractivity contribution in [2.24, 2.45) is 0 Å². The van der Waals surface area contributed by atoms with Gasteiger partial charge in [-0.15, -0.1) is 6.58 Å². The molecular weight excluding hydrogens is 216 g/mol. The summed E-state index contributed by atoms with van der Waals surface area (Å²) in [5, 5.41) is 2.89. The number of hydrogen-bond acceptors (Lipinski definition) is 2. The quantitative estimate of drug-likeness (QED) is 0.571. The second kappa shape index (κ2) is 9.05. The van der Waals surface area contributed by atoms with E-state index in [1.54, 1.807) is 0 Å². The van der Waals surface area contributed by atoms with Crippen LogP contribution in [0.1, 0.15) is 32.1 Å². The van der Waals surface area contributed by atoms with E-state index in [4.69, 9.17) is 4.74 Å². The van der Waals surface area contributed by atoms with Crippen molar-refractivity contribution in [3.8, 4) is 0 Å². The van der Waals surface area contributed by atoms with E-state index in [-0.39, 0.29) is 6.03 Å². The maximum atomic E-state index is 11.8. The molecule has 1 fully saturated rings. The Labute approximate surface area is 104 Å². The number of hydrogen-bond donors (Lipinski definition) is 1. The minimum atomic E-state index is 0.0548. The first-order valence-electron chi connectivity index (χ1n) is 6.56. The lowest BCUT2D eigenvalue weighted by atomic mass is 10.2. The van der Waals surface area contributed by atoms with E-state index in [1.165, 1.54) is 12.8 Å². The zero-order valence-corrected chi connectivity index (χ0v) is 10.6. The third-order valence-electron chi connectivity index (χ3n) is 2.88. The number of nitrogens with one attached hydrogen (secondary N) is 1. The van der Waals surface area contributed by atoms with Gasteiger partial charge in [0.05, 0.1) is 13.2 Å². The zero-order valence-electron chi connectivity index (χ0n) is 10.6. The van der Waals surface area contributed by atoms with E-state index in [0.717, 1.165) is 32.4 Å². The summed E-state index contributed by atoms with van der Waals surface area (Å²) in [5.41, 5.74) is 0. The molecule has 1 N–H and O–H groups in total.